The minimum atomic E-state index is -0.105. The summed E-state index contributed by atoms with van der Waals surface area (Å²) in [7, 11) is 0. The van der Waals surface area contributed by atoms with Crippen LogP contribution in [0.15, 0.2) is 0 Å². The molecule has 0 spiro atoms. The molecule has 0 amide bonds. The van der Waals surface area contributed by atoms with Crippen LogP contribution in [0.4, 0.5) is 0 Å². The maximum atomic E-state index is 5.06. The van der Waals surface area contributed by atoms with E-state index in [1.807, 2.05) is 0 Å². The standard InChI is InChI=1S/C7H14O3/c1-2-3-4-5-7-8-6-9-10-7/h7H,2-6H2,1H3. The second kappa shape index (κ2) is 4.66. The van der Waals surface area contributed by atoms with Crippen LogP contribution in [0, 0.1) is 0 Å². The monoisotopic (exact) mass is 146 g/mol. The lowest BCUT2D eigenvalue weighted by atomic mass is 10.2. The average molecular weight is 146 g/mol. The maximum Gasteiger partial charge on any atom is 0.194 e. The van der Waals surface area contributed by atoms with E-state index in [0.29, 0.717) is 0 Å². The van der Waals surface area contributed by atoms with Gasteiger partial charge in [0.2, 0.25) is 0 Å². The van der Waals surface area contributed by atoms with E-state index in [1.165, 1.54) is 12.8 Å². The number of hydrogen-bond acceptors (Lipinski definition) is 3. The molecule has 1 aliphatic rings. The molecule has 0 aromatic rings. The molecule has 0 bridgehead atoms. The molecular weight excluding hydrogens is 132 g/mol. The van der Waals surface area contributed by atoms with Crippen molar-refractivity contribution >= 4 is 0 Å². The largest absolute Gasteiger partial charge is 0.320 e. The van der Waals surface area contributed by atoms with E-state index in [2.05, 4.69) is 11.8 Å². The van der Waals surface area contributed by atoms with Crippen LogP contribution in [-0.2, 0) is 14.5 Å². The predicted molar refractivity (Wildman–Crippen MR) is 36.1 cm³/mol. The Morgan fingerprint density at radius 3 is 2.90 bits per heavy atom. The lowest BCUT2D eigenvalue weighted by Crippen LogP contribution is -2.06. The molecule has 1 rings (SSSR count). The van der Waals surface area contributed by atoms with Crippen molar-refractivity contribution in [2.45, 2.75) is 38.9 Å². The summed E-state index contributed by atoms with van der Waals surface area (Å²) in [5, 5.41) is 0. The van der Waals surface area contributed by atoms with Crippen molar-refractivity contribution in [2.24, 2.45) is 0 Å². The number of hydrogen-bond donors (Lipinski definition) is 0. The highest BCUT2D eigenvalue weighted by molar-refractivity contribution is 4.45. The summed E-state index contributed by atoms with van der Waals surface area (Å²) in [5.41, 5.74) is 0. The quantitative estimate of drug-likeness (QED) is 0.447. The van der Waals surface area contributed by atoms with Gasteiger partial charge in [-0.1, -0.05) is 19.8 Å². The fraction of sp³-hybridized carbons (Fsp3) is 1.00. The number of unbranched alkanes of at least 4 members (excludes halogenated alkanes) is 2. The number of rotatable bonds is 4. The molecule has 0 aromatic carbocycles. The highest BCUT2D eigenvalue weighted by Gasteiger charge is 2.15. The Labute approximate surface area is 61.2 Å². The molecular formula is C7H14O3. The average Bonchev–Trinajstić information content (AvgIpc) is 2.41. The summed E-state index contributed by atoms with van der Waals surface area (Å²) in [4.78, 5) is 9.34. The molecule has 1 fully saturated rings. The molecule has 1 heterocycles. The van der Waals surface area contributed by atoms with Crippen LogP contribution < -0.4 is 0 Å². The highest BCUT2D eigenvalue weighted by Crippen LogP contribution is 2.12. The fourth-order valence-electron chi connectivity index (χ4n) is 0.928. The van der Waals surface area contributed by atoms with E-state index >= 15 is 0 Å². The topological polar surface area (TPSA) is 27.7 Å². The van der Waals surface area contributed by atoms with Crippen LogP contribution in [0.25, 0.3) is 0 Å². The summed E-state index contributed by atoms with van der Waals surface area (Å²) in [6, 6.07) is 0. The van der Waals surface area contributed by atoms with E-state index in [0.717, 1.165) is 12.8 Å². The van der Waals surface area contributed by atoms with Crippen LogP contribution in [0.2, 0.25) is 0 Å². The van der Waals surface area contributed by atoms with Crippen LogP contribution in [0.1, 0.15) is 32.6 Å². The lowest BCUT2D eigenvalue weighted by Gasteiger charge is -2.03. The Morgan fingerprint density at radius 1 is 1.40 bits per heavy atom. The maximum absolute atomic E-state index is 5.06. The van der Waals surface area contributed by atoms with Crippen LogP contribution in [0.5, 0.6) is 0 Å². The first-order chi connectivity index (χ1) is 4.93. The molecule has 10 heavy (non-hydrogen) atoms. The first-order valence-corrected chi connectivity index (χ1v) is 3.83. The van der Waals surface area contributed by atoms with E-state index in [1.54, 1.807) is 0 Å². The fourth-order valence-corrected chi connectivity index (χ4v) is 0.928. The minimum absolute atomic E-state index is 0.105. The van der Waals surface area contributed by atoms with Gasteiger partial charge in [0, 0.05) is 6.42 Å². The van der Waals surface area contributed by atoms with Crippen molar-refractivity contribution in [3.05, 3.63) is 0 Å². The zero-order chi connectivity index (χ0) is 7.23. The third-order valence-corrected chi connectivity index (χ3v) is 1.52. The van der Waals surface area contributed by atoms with E-state index in [4.69, 9.17) is 9.62 Å². The summed E-state index contributed by atoms with van der Waals surface area (Å²) in [5.74, 6) is 0. The van der Waals surface area contributed by atoms with Gasteiger partial charge in [-0.2, -0.15) is 0 Å². The normalized spacial score (nSPS) is 25.5. The third kappa shape index (κ3) is 2.64. The van der Waals surface area contributed by atoms with Gasteiger partial charge in [-0.15, -0.1) is 0 Å². The van der Waals surface area contributed by atoms with Crippen LogP contribution in [0.3, 0.4) is 0 Å². The Morgan fingerprint density at radius 2 is 2.30 bits per heavy atom. The van der Waals surface area contributed by atoms with Crippen molar-refractivity contribution in [1.82, 2.24) is 0 Å². The first-order valence-electron chi connectivity index (χ1n) is 3.83. The second-order valence-electron chi connectivity index (χ2n) is 2.42. The van der Waals surface area contributed by atoms with Crippen LogP contribution in [-0.4, -0.2) is 13.1 Å². The molecule has 1 unspecified atom stereocenters. The Hall–Kier alpha value is -0.120. The van der Waals surface area contributed by atoms with Gasteiger partial charge in [0.15, 0.2) is 13.1 Å². The molecule has 1 saturated heterocycles. The van der Waals surface area contributed by atoms with Crippen molar-refractivity contribution in [2.75, 3.05) is 6.79 Å². The molecule has 0 N–H and O–H groups in total. The Kier molecular flexibility index (Phi) is 3.72. The Bertz CT molecular complexity index is 78.9. The van der Waals surface area contributed by atoms with Gasteiger partial charge >= 0.3 is 0 Å². The first kappa shape index (κ1) is 7.98. The van der Waals surface area contributed by atoms with Gasteiger partial charge in [-0.05, 0) is 6.42 Å². The van der Waals surface area contributed by atoms with Crippen molar-refractivity contribution in [1.29, 1.82) is 0 Å². The molecule has 1 aliphatic heterocycles. The van der Waals surface area contributed by atoms with Gasteiger partial charge in [0.25, 0.3) is 0 Å². The molecule has 3 nitrogen and oxygen atoms in total. The van der Waals surface area contributed by atoms with E-state index in [-0.39, 0.29) is 13.1 Å². The molecule has 1 atom stereocenters. The third-order valence-electron chi connectivity index (χ3n) is 1.52. The van der Waals surface area contributed by atoms with E-state index in [9.17, 15) is 0 Å². The lowest BCUT2D eigenvalue weighted by molar-refractivity contribution is -0.278. The number of ether oxygens (including phenoxy) is 1. The van der Waals surface area contributed by atoms with Crippen LogP contribution >= 0.6 is 0 Å². The van der Waals surface area contributed by atoms with Gasteiger partial charge in [0.1, 0.15) is 0 Å². The summed E-state index contributed by atoms with van der Waals surface area (Å²) in [6.45, 7) is 2.46. The minimum Gasteiger partial charge on any atom is -0.320 e. The molecule has 0 aliphatic carbocycles. The van der Waals surface area contributed by atoms with Crippen molar-refractivity contribution < 1.29 is 14.5 Å². The molecule has 3 heteroatoms. The van der Waals surface area contributed by atoms with Gasteiger partial charge in [-0.25, -0.2) is 9.78 Å². The highest BCUT2D eigenvalue weighted by atomic mass is 17.3. The van der Waals surface area contributed by atoms with Gasteiger partial charge in [-0.3, -0.25) is 0 Å². The molecule has 0 radical (unpaired) electrons. The predicted octanol–water partition coefficient (Wildman–Crippen LogP) is 1.83. The summed E-state index contributed by atoms with van der Waals surface area (Å²) in [6.07, 6.45) is 4.47. The SMILES string of the molecule is CCCCCC1OCOO1. The van der Waals surface area contributed by atoms with E-state index < -0.39 is 0 Å². The van der Waals surface area contributed by atoms with Crippen molar-refractivity contribution in [3.8, 4) is 0 Å². The van der Waals surface area contributed by atoms with Gasteiger partial charge in [0.05, 0.1) is 0 Å². The zero-order valence-corrected chi connectivity index (χ0v) is 6.34. The Balaban J connectivity index is 1.91. The van der Waals surface area contributed by atoms with Gasteiger partial charge < -0.3 is 4.74 Å². The molecule has 60 valence electrons. The smallest absolute Gasteiger partial charge is 0.194 e. The van der Waals surface area contributed by atoms with Crippen molar-refractivity contribution in [3.63, 3.8) is 0 Å². The zero-order valence-electron chi connectivity index (χ0n) is 6.34. The molecule has 0 aromatic heterocycles. The summed E-state index contributed by atoms with van der Waals surface area (Å²) >= 11 is 0. The second-order valence-corrected chi connectivity index (χ2v) is 2.42. The summed E-state index contributed by atoms with van der Waals surface area (Å²) < 4.78 is 5.06. The molecule has 0 saturated carbocycles.